The molecule has 0 aliphatic rings. The van der Waals surface area contributed by atoms with E-state index in [1.54, 1.807) is 38.3 Å². The number of Topliss-reactive ketones (excluding diaryl/α,β-unsaturated/α-hetero) is 1. The van der Waals surface area contributed by atoms with Crippen molar-refractivity contribution >= 4 is 11.6 Å². The predicted molar refractivity (Wildman–Crippen MR) is 70.9 cm³/mol. The first kappa shape index (κ1) is 13.7. The van der Waals surface area contributed by atoms with Gasteiger partial charge < -0.3 is 19.4 Å². The minimum absolute atomic E-state index is 0.0129. The van der Waals surface area contributed by atoms with Crippen molar-refractivity contribution in [3.05, 3.63) is 52.0 Å². The Bertz CT molecular complexity index is 646. The second kappa shape index (κ2) is 5.52. The molecule has 0 aliphatic heterocycles. The summed E-state index contributed by atoms with van der Waals surface area (Å²) in [5, 5.41) is 10.6. The standard InChI is InChI=1S/C13H13N3O4/c1-9-14-13(16(18)19)8-15(9)7-12(17)10-3-5-11(20-2)6-4-10/h3-6,8H,7H2,1-2H3. The number of benzene rings is 1. The highest BCUT2D eigenvalue weighted by Crippen LogP contribution is 2.14. The molecule has 1 aromatic carbocycles. The number of ketones is 1. The lowest BCUT2D eigenvalue weighted by atomic mass is 10.1. The van der Waals surface area contributed by atoms with Crippen LogP contribution in [0, 0.1) is 17.0 Å². The number of nitrogens with zero attached hydrogens (tertiary/aromatic N) is 3. The van der Waals surface area contributed by atoms with Gasteiger partial charge in [0.25, 0.3) is 0 Å². The number of rotatable bonds is 5. The Hall–Kier alpha value is -2.70. The van der Waals surface area contributed by atoms with Crippen LogP contribution >= 0.6 is 0 Å². The predicted octanol–water partition coefficient (Wildman–Crippen LogP) is 1.99. The quantitative estimate of drug-likeness (QED) is 0.473. The molecular formula is C13H13N3O4. The van der Waals surface area contributed by atoms with E-state index >= 15 is 0 Å². The van der Waals surface area contributed by atoms with Gasteiger partial charge in [-0.2, -0.15) is 0 Å². The topological polar surface area (TPSA) is 87.3 Å². The Morgan fingerprint density at radius 2 is 2.05 bits per heavy atom. The summed E-state index contributed by atoms with van der Waals surface area (Å²) in [6.07, 6.45) is 1.26. The van der Waals surface area contributed by atoms with Crippen molar-refractivity contribution in [3.8, 4) is 5.75 Å². The highest BCUT2D eigenvalue weighted by Gasteiger charge is 2.17. The van der Waals surface area contributed by atoms with Crippen LogP contribution in [0.2, 0.25) is 0 Å². The van der Waals surface area contributed by atoms with Gasteiger partial charge in [0.15, 0.2) is 5.78 Å². The Balaban J connectivity index is 2.16. The molecule has 0 bridgehead atoms. The third-order valence-electron chi connectivity index (χ3n) is 2.88. The molecule has 104 valence electrons. The van der Waals surface area contributed by atoms with Crippen LogP contribution in [-0.2, 0) is 6.54 Å². The zero-order valence-electron chi connectivity index (χ0n) is 11.1. The third kappa shape index (κ3) is 2.82. The van der Waals surface area contributed by atoms with E-state index in [-0.39, 0.29) is 18.1 Å². The normalized spacial score (nSPS) is 10.3. The van der Waals surface area contributed by atoms with Crippen LogP contribution < -0.4 is 4.74 Å². The molecule has 1 heterocycles. The van der Waals surface area contributed by atoms with Crippen molar-refractivity contribution in [2.75, 3.05) is 7.11 Å². The minimum Gasteiger partial charge on any atom is -0.497 e. The van der Waals surface area contributed by atoms with Gasteiger partial charge in [-0.1, -0.05) is 0 Å². The van der Waals surface area contributed by atoms with Gasteiger partial charge in [-0.05, 0) is 34.2 Å². The molecule has 7 heteroatoms. The van der Waals surface area contributed by atoms with Gasteiger partial charge in [0.1, 0.15) is 11.9 Å². The van der Waals surface area contributed by atoms with E-state index in [0.717, 1.165) is 0 Å². The van der Waals surface area contributed by atoms with Crippen LogP contribution in [-0.4, -0.2) is 27.4 Å². The second-order valence-electron chi connectivity index (χ2n) is 4.18. The first-order chi connectivity index (χ1) is 9.51. The van der Waals surface area contributed by atoms with Crippen LogP contribution in [0.5, 0.6) is 5.75 Å². The number of hydrogen-bond donors (Lipinski definition) is 0. The molecule has 1 aromatic heterocycles. The summed E-state index contributed by atoms with van der Waals surface area (Å²) >= 11 is 0. The molecule has 2 rings (SSSR count). The lowest BCUT2D eigenvalue weighted by Crippen LogP contribution is -2.10. The van der Waals surface area contributed by atoms with Gasteiger partial charge >= 0.3 is 5.82 Å². The maximum absolute atomic E-state index is 12.1. The van der Waals surface area contributed by atoms with E-state index in [0.29, 0.717) is 17.1 Å². The number of ether oxygens (including phenoxy) is 1. The van der Waals surface area contributed by atoms with Gasteiger partial charge in [-0.3, -0.25) is 4.79 Å². The van der Waals surface area contributed by atoms with Gasteiger partial charge in [0.2, 0.25) is 5.82 Å². The van der Waals surface area contributed by atoms with Crippen molar-refractivity contribution < 1.29 is 14.5 Å². The zero-order chi connectivity index (χ0) is 14.7. The molecule has 0 N–H and O–H groups in total. The fourth-order valence-electron chi connectivity index (χ4n) is 1.76. The third-order valence-corrected chi connectivity index (χ3v) is 2.88. The van der Waals surface area contributed by atoms with Crippen LogP contribution in [0.15, 0.2) is 30.5 Å². The Morgan fingerprint density at radius 1 is 1.40 bits per heavy atom. The summed E-state index contributed by atoms with van der Waals surface area (Å²) in [5.41, 5.74) is 0.515. The van der Waals surface area contributed by atoms with Crippen molar-refractivity contribution in [2.24, 2.45) is 0 Å². The fourth-order valence-corrected chi connectivity index (χ4v) is 1.76. The molecule has 0 saturated carbocycles. The monoisotopic (exact) mass is 275 g/mol. The van der Waals surface area contributed by atoms with Crippen molar-refractivity contribution in [1.29, 1.82) is 0 Å². The molecule has 0 spiro atoms. The fraction of sp³-hybridized carbons (Fsp3) is 0.231. The molecule has 0 radical (unpaired) electrons. The van der Waals surface area contributed by atoms with Crippen molar-refractivity contribution in [1.82, 2.24) is 9.55 Å². The molecule has 0 saturated heterocycles. The average Bonchev–Trinajstić information content (AvgIpc) is 2.80. The van der Waals surface area contributed by atoms with Crippen molar-refractivity contribution in [3.63, 3.8) is 0 Å². The summed E-state index contributed by atoms with van der Waals surface area (Å²) in [4.78, 5) is 25.9. The van der Waals surface area contributed by atoms with Crippen LogP contribution in [0.3, 0.4) is 0 Å². The van der Waals surface area contributed by atoms with E-state index in [4.69, 9.17) is 4.74 Å². The maximum Gasteiger partial charge on any atom is 0.381 e. The number of hydrogen-bond acceptors (Lipinski definition) is 5. The summed E-state index contributed by atoms with van der Waals surface area (Å²) in [5.74, 6) is 0.683. The molecule has 0 atom stereocenters. The first-order valence-corrected chi connectivity index (χ1v) is 5.86. The smallest absolute Gasteiger partial charge is 0.381 e. The van der Waals surface area contributed by atoms with E-state index in [1.165, 1.54) is 10.8 Å². The van der Waals surface area contributed by atoms with E-state index in [2.05, 4.69) is 4.98 Å². The number of carbonyl (C=O) groups excluding carboxylic acids is 1. The number of imidazole rings is 1. The Labute approximate surface area is 115 Å². The van der Waals surface area contributed by atoms with E-state index < -0.39 is 4.92 Å². The first-order valence-electron chi connectivity index (χ1n) is 5.86. The Kier molecular flexibility index (Phi) is 3.79. The average molecular weight is 275 g/mol. The molecular weight excluding hydrogens is 262 g/mol. The number of nitro groups is 1. The lowest BCUT2D eigenvalue weighted by Gasteiger charge is -2.04. The molecule has 0 unspecified atom stereocenters. The highest BCUT2D eigenvalue weighted by molar-refractivity contribution is 5.96. The summed E-state index contributed by atoms with van der Waals surface area (Å²) in [7, 11) is 1.55. The minimum atomic E-state index is -0.582. The molecule has 0 aliphatic carbocycles. The highest BCUT2D eigenvalue weighted by atomic mass is 16.6. The number of carbonyl (C=O) groups is 1. The number of aromatic nitrogens is 2. The van der Waals surface area contributed by atoms with Crippen LogP contribution in [0.25, 0.3) is 0 Å². The SMILES string of the molecule is COc1ccc(C(=O)Cn2cc([N+](=O)[O-])nc2C)cc1. The molecule has 20 heavy (non-hydrogen) atoms. The van der Waals surface area contributed by atoms with Crippen molar-refractivity contribution in [2.45, 2.75) is 13.5 Å². The van der Waals surface area contributed by atoms with Gasteiger partial charge in [0, 0.05) is 12.5 Å². The summed E-state index contributed by atoms with van der Waals surface area (Å²) < 4.78 is 6.48. The lowest BCUT2D eigenvalue weighted by molar-refractivity contribution is -0.389. The largest absolute Gasteiger partial charge is 0.497 e. The van der Waals surface area contributed by atoms with Crippen LogP contribution in [0.1, 0.15) is 16.2 Å². The molecule has 2 aromatic rings. The van der Waals surface area contributed by atoms with Gasteiger partial charge in [-0.25, -0.2) is 0 Å². The Morgan fingerprint density at radius 3 is 2.55 bits per heavy atom. The molecule has 0 amide bonds. The molecule has 0 fully saturated rings. The molecule has 7 nitrogen and oxygen atoms in total. The second-order valence-corrected chi connectivity index (χ2v) is 4.18. The van der Waals surface area contributed by atoms with E-state index in [9.17, 15) is 14.9 Å². The number of aryl methyl sites for hydroxylation is 1. The van der Waals surface area contributed by atoms with Gasteiger partial charge in [0.05, 0.1) is 13.7 Å². The van der Waals surface area contributed by atoms with Crippen LogP contribution in [0.4, 0.5) is 5.82 Å². The maximum atomic E-state index is 12.1. The summed E-state index contributed by atoms with van der Waals surface area (Å²) in [6.45, 7) is 1.63. The summed E-state index contributed by atoms with van der Waals surface area (Å²) in [6, 6.07) is 6.69. The number of methoxy groups -OCH3 is 1. The van der Waals surface area contributed by atoms with Gasteiger partial charge in [-0.15, -0.1) is 0 Å². The zero-order valence-corrected chi connectivity index (χ0v) is 11.1. The van der Waals surface area contributed by atoms with E-state index in [1.807, 2.05) is 0 Å².